The Kier molecular flexibility index (Phi) is 3.77. The second-order valence-electron chi connectivity index (χ2n) is 4.32. The minimum atomic E-state index is -0.125. The van der Waals surface area contributed by atoms with E-state index in [0.29, 0.717) is 12.2 Å². The molecular formula is C14H17N3O. The van der Waals surface area contributed by atoms with E-state index in [1.54, 1.807) is 18.3 Å². The van der Waals surface area contributed by atoms with E-state index in [0.717, 1.165) is 12.1 Å². The summed E-state index contributed by atoms with van der Waals surface area (Å²) in [5, 5.41) is 2.87. The first kappa shape index (κ1) is 12.4. The molecule has 0 fully saturated rings. The van der Waals surface area contributed by atoms with Gasteiger partial charge in [-0.3, -0.25) is 9.78 Å². The molecule has 0 saturated heterocycles. The number of amides is 1. The number of hydrogen-bond acceptors (Lipinski definition) is 2. The van der Waals surface area contributed by atoms with E-state index in [1.807, 2.05) is 19.9 Å². The fraction of sp³-hybridized carbons (Fsp3) is 0.286. The first-order valence-corrected chi connectivity index (χ1v) is 6.01. The minimum absolute atomic E-state index is 0.125. The summed E-state index contributed by atoms with van der Waals surface area (Å²) in [6, 6.07) is 7.42. The molecule has 0 radical (unpaired) electrons. The highest BCUT2D eigenvalue weighted by molar-refractivity contribution is 5.92. The molecule has 0 spiro atoms. The molecule has 0 aliphatic heterocycles. The van der Waals surface area contributed by atoms with Crippen molar-refractivity contribution < 1.29 is 4.79 Å². The molecule has 2 N–H and O–H groups in total. The molecule has 2 aromatic heterocycles. The lowest BCUT2D eigenvalue weighted by Crippen LogP contribution is -2.26. The first-order valence-electron chi connectivity index (χ1n) is 6.01. The summed E-state index contributed by atoms with van der Waals surface area (Å²) in [5.74, 6) is -0.125. The van der Waals surface area contributed by atoms with Crippen LogP contribution < -0.4 is 5.32 Å². The fourth-order valence-corrected chi connectivity index (χ4v) is 1.94. The third-order valence-corrected chi connectivity index (χ3v) is 2.83. The Morgan fingerprint density at radius 1 is 1.39 bits per heavy atom. The van der Waals surface area contributed by atoms with Gasteiger partial charge in [-0.05, 0) is 44.0 Å². The third kappa shape index (κ3) is 2.97. The number of nitrogens with one attached hydrogen (secondary N) is 2. The summed E-state index contributed by atoms with van der Waals surface area (Å²) >= 11 is 0. The maximum Gasteiger partial charge on any atom is 0.269 e. The molecule has 2 rings (SSSR count). The van der Waals surface area contributed by atoms with Crippen molar-refractivity contribution in [1.29, 1.82) is 0 Å². The van der Waals surface area contributed by atoms with Gasteiger partial charge in [0, 0.05) is 24.1 Å². The zero-order valence-corrected chi connectivity index (χ0v) is 10.7. The first-order chi connectivity index (χ1) is 8.66. The average molecular weight is 243 g/mol. The van der Waals surface area contributed by atoms with Crippen molar-refractivity contribution in [2.75, 3.05) is 6.54 Å². The molecule has 0 aliphatic rings. The molecule has 18 heavy (non-hydrogen) atoms. The van der Waals surface area contributed by atoms with Gasteiger partial charge in [0.05, 0.1) is 0 Å². The predicted octanol–water partition coefficient (Wildman–Crippen LogP) is 2.00. The summed E-state index contributed by atoms with van der Waals surface area (Å²) in [7, 11) is 0. The fourth-order valence-electron chi connectivity index (χ4n) is 1.94. The third-order valence-electron chi connectivity index (χ3n) is 2.83. The average Bonchev–Trinajstić information content (AvgIpc) is 2.69. The van der Waals surface area contributed by atoms with Crippen molar-refractivity contribution in [3.63, 3.8) is 0 Å². The number of rotatable bonds is 4. The van der Waals surface area contributed by atoms with Crippen LogP contribution in [0.1, 0.15) is 27.4 Å². The van der Waals surface area contributed by atoms with Crippen molar-refractivity contribution in [3.8, 4) is 0 Å². The number of nitrogens with zero attached hydrogens (tertiary/aromatic N) is 1. The summed E-state index contributed by atoms with van der Waals surface area (Å²) in [5.41, 5.74) is 4.02. The Labute approximate surface area is 106 Å². The normalized spacial score (nSPS) is 10.3. The van der Waals surface area contributed by atoms with E-state index < -0.39 is 0 Å². The van der Waals surface area contributed by atoms with Gasteiger partial charge in [-0.2, -0.15) is 0 Å². The van der Waals surface area contributed by atoms with Crippen molar-refractivity contribution in [2.24, 2.45) is 0 Å². The SMILES string of the molecule is Cc1cc(CCNC(=O)c2ccccn2)c(C)[nH]1. The summed E-state index contributed by atoms with van der Waals surface area (Å²) in [4.78, 5) is 19.0. The molecule has 94 valence electrons. The standard InChI is InChI=1S/C14H17N3O/c1-10-9-12(11(2)17-10)6-8-16-14(18)13-5-3-4-7-15-13/h3-5,7,9,17H,6,8H2,1-2H3,(H,16,18). The van der Waals surface area contributed by atoms with Crippen LogP contribution in [-0.4, -0.2) is 22.4 Å². The number of H-pyrrole nitrogens is 1. The smallest absolute Gasteiger partial charge is 0.269 e. The van der Waals surface area contributed by atoms with Crippen molar-refractivity contribution in [2.45, 2.75) is 20.3 Å². The maximum absolute atomic E-state index is 11.7. The Hall–Kier alpha value is -2.10. The van der Waals surface area contributed by atoms with Crippen LogP contribution in [0.2, 0.25) is 0 Å². The van der Waals surface area contributed by atoms with E-state index >= 15 is 0 Å². The second-order valence-corrected chi connectivity index (χ2v) is 4.32. The lowest BCUT2D eigenvalue weighted by Gasteiger charge is -2.04. The summed E-state index contributed by atoms with van der Waals surface area (Å²) < 4.78 is 0. The summed E-state index contributed by atoms with van der Waals surface area (Å²) in [6.45, 7) is 4.69. The molecule has 1 amide bonds. The second kappa shape index (κ2) is 5.49. The van der Waals surface area contributed by atoms with Gasteiger partial charge >= 0.3 is 0 Å². The number of hydrogen-bond donors (Lipinski definition) is 2. The van der Waals surface area contributed by atoms with Crippen LogP contribution >= 0.6 is 0 Å². The monoisotopic (exact) mass is 243 g/mol. The van der Waals surface area contributed by atoms with E-state index in [-0.39, 0.29) is 5.91 Å². The van der Waals surface area contributed by atoms with Crippen molar-refractivity contribution >= 4 is 5.91 Å². The van der Waals surface area contributed by atoms with Gasteiger partial charge in [-0.15, -0.1) is 0 Å². The molecule has 2 heterocycles. The molecular weight excluding hydrogens is 226 g/mol. The maximum atomic E-state index is 11.7. The number of aromatic nitrogens is 2. The van der Waals surface area contributed by atoms with Gasteiger partial charge in [-0.1, -0.05) is 6.07 Å². The zero-order valence-electron chi connectivity index (χ0n) is 10.7. The number of aromatic amines is 1. The Balaban J connectivity index is 1.86. The predicted molar refractivity (Wildman–Crippen MR) is 70.5 cm³/mol. The van der Waals surface area contributed by atoms with E-state index in [9.17, 15) is 4.79 Å². The molecule has 0 atom stereocenters. The van der Waals surface area contributed by atoms with Crippen LogP contribution in [0.4, 0.5) is 0 Å². The van der Waals surface area contributed by atoms with E-state index in [2.05, 4.69) is 21.4 Å². The lowest BCUT2D eigenvalue weighted by atomic mass is 10.2. The molecule has 0 saturated carbocycles. The van der Waals surface area contributed by atoms with Gasteiger partial charge in [0.2, 0.25) is 0 Å². The molecule has 4 heteroatoms. The van der Waals surface area contributed by atoms with Gasteiger partial charge in [-0.25, -0.2) is 0 Å². The van der Waals surface area contributed by atoms with Crippen molar-refractivity contribution in [1.82, 2.24) is 15.3 Å². The Morgan fingerprint density at radius 2 is 2.22 bits per heavy atom. The Bertz CT molecular complexity index is 531. The zero-order chi connectivity index (χ0) is 13.0. The van der Waals surface area contributed by atoms with E-state index in [4.69, 9.17) is 0 Å². The largest absolute Gasteiger partial charge is 0.362 e. The van der Waals surface area contributed by atoms with Gasteiger partial charge in [0.1, 0.15) is 5.69 Å². The molecule has 0 bridgehead atoms. The number of carbonyl (C=O) groups is 1. The molecule has 2 aromatic rings. The highest BCUT2D eigenvalue weighted by Gasteiger charge is 2.06. The molecule has 0 unspecified atom stereocenters. The van der Waals surface area contributed by atoms with Crippen LogP contribution in [0, 0.1) is 13.8 Å². The molecule has 0 aliphatic carbocycles. The number of pyridine rings is 1. The Morgan fingerprint density at radius 3 is 2.83 bits per heavy atom. The number of aryl methyl sites for hydroxylation is 2. The topological polar surface area (TPSA) is 57.8 Å². The van der Waals surface area contributed by atoms with Crippen LogP contribution in [0.15, 0.2) is 30.5 Å². The molecule has 4 nitrogen and oxygen atoms in total. The van der Waals surface area contributed by atoms with E-state index in [1.165, 1.54) is 11.3 Å². The highest BCUT2D eigenvalue weighted by atomic mass is 16.1. The van der Waals surface area contributed by atoms with Crippen molar-refractivity contribution in [3.05, 3.63) is 53.1 Å². The van der Waals surface area contributed by atoms with Gasteiger partial charge < -0.3 is 10.3 Å². The van der Waals surface area contributed by atoms with Crippen LogP contribution in [0.5, 0.6) is 0 Å². The lowest BCUT2D eigenvalue weighted by molar-refractivity contribution is 0.0949. The van der Waals surface area contributed by atoms with Crippen LogP contribution in [0.3, 0.4) is 0 Å². The highest BCUT2D eigenvalue weighted by Crippen LogP contribution is 2.09. The number of carbonyl (C=O) groups excluding carboxylic acids is 1. The van der Waals surface area contributed by atoms with Crippen LogP contribution in [-0.2, 0) is 6.42 Å². The quantitative estimate of drug-likeness (QED) is 0.863. The van der Waals surface area contributed by atoms with Crippen LogP contribution in [0.25, 0.3) is 0 Å². The van der Waals surface area contributed by atoms with Gasteiger partial charge in [0.25, 0.3) is 5.91 Å². The molecule has 0 aromatic carbocycles. The van der Waals surface area contributed by atoms with Gasteiger partial charge in [0.15, 0.2) is 0 Å². The summed E-state index contributed by atoms with van der Waals surface area (Å²) in [6.07, 6.45) is 2.45. The minimum Gasteiger partial charge on any atom is -0.362 e.